The van der Waals surface area contributed by atoms with Gasteiger partial charge in [-0.2, -0.15) is 0 Å². The number of fused-ring (bicyclic) bond motifs is 4. The molecule has 0 unspecified atom stereocenters. The van der Waals surface area contributed by atoms with Crippen LogP contribution in [0.1, 0.15) is 0 Å². The first-order valence-corrected chi connectivity index (χ1v) is 15.0. The van der Waals surface area contributed by atoms with Crippen LogP contribution in [0.3, 0.4) is 0 Å². The summed E-state index contributed by atoms with van der Waals surface area (Å²) >= 11 is 0. The van der Waals surface area contributed by atoms with Crippen LogP contribution in [0.2, 0.25) is 0 Å². The van der Waals surface area contributed by atoms with Gasteiger partial charge in [0, 0.05) is 27.4 Å². The van der Waals surface area contributed by atoms with Gasteiger partial charge in [-0.05, 0) is 75.3 Å². The molecule has 0 radical (unpaired) electrons. The Kier molecular flexibility index (Phi) is 5.54. The van der Waals surface area contributed by atoms with Gasteiger partial charge in [0.25, 0.3) is 0 Å². The number of ether oxygens (including phenoxy) is 1. The molecule has 2 heteroatoms. The topological polar surface area (TPSA) is 12.5 Å². The van der Waals surface area contributed by atoms with Gasteiger partial charge in [-0.3, -0.25) is 0 Å². The van der Waals surface area contributed by atoms with Crippen LogP contribution in [-0.4, -0.2) is 0 Å². The fraction of sp³-hybridized carbons (Fsp3) is 0. The van der Waals surface area contributed by atoms with E-state index in [2.05, 4.69) is 163 Å². The first kappa shape index (κ1) is 24.7. The lowest BCUT2D eigenvalue weighted by atomic mass is 9.92. The number of benzene rings is 8. The van der Waals surface area contributed by atoms with Crippen LogP contribution < -0.4 is 9.64 Å². The highest BCUT2D eigenvalue weighted by molar-refractivity contribution is 6.12. The Labute approximate surface area is 256 Å². The summed E-state index contributed by atoms with van der Waals surface area (Å²) < 4.78 is 6.67. The van der Waals surface area contributed by atoms with Gasteiger partial charge in [-0.1, -0.05) is 121 Å². The minimum atomic E-state index is 0.883. The molecule has 8 aromatic carbocycles. The largest absolute Gasteiger partial charge is 0.456 e. The van der Waals surface area contributed by atoms with Crippen molar-refractivity contribution in [3.63, 3.8) is 0 Å². The predicted octanol–water partition coefficient (Wildman–Crippen LogP) is 12.1. The summed E-state index contributed by atoms with van der Waals surface area (Å²) in [5.74, 6) is 1.77. The molecule has 0 aliphatic carbocycles. The van der Waals surface area contributed by atoms with E-state index in [9.17, 15) is 0 Å². The monoisotopic (exact) mass is 561 g/mol. The summed E-state index contributed by atoms with van der Waals surface area (Å²) in [6, 6.07) is 58.5. The van der Waals surface area contributed by atoms with Crippen molar-refractivity contribution in [1.29, 1.82) is 0 Å². The van der Waals surface area contributed by atoms with Gasteiger partial charge in [-0.25, -0.2) is 0 Å². The molecule has 0 saturated carbocycles. The number of nitrogens with zero attached hydrogens (tertiary/aromatic N) is 1. The summed E-state index contributed by atoms with van der Waals surface area (Å²) in [5, 5.41) is 7.15. The molecule has 0 aromatic heterocycles. The van der Waals surface area contributed by atoms with E-state index in [0.29, 0.717) is 0 Å². The van der Waals surface area contributed by atoms with Gasteiger partial charge >= 0.3 is 0 Å². The molecule has 8 aromatic rings. The summed E-state index contributed by atoms with van der Waals surface area (Å²) in [4.78, 5) is 2.41. The summed E-state index contributed by atoms with van der Waals surface area (Å²) in [6.45, 7) is 0. The van der Waals surface area contributed by atoms with Crippen LogP contribution in [0, 0.1) is 0 Å². The lowest BCUT2D eigenvalue weighted by molar-refractivity contribution is 0.487. The lowest BCUT2D eigenvalue weighted by Crippen LogP contribution is -2.11. The number of anilines is 3. The molecule has 0 N–H and O–H groups in total. The second-order valence-electron chi connectivity index (χ2n) is 11.4. The van der Waals surface area contributed by atoms with Gasteiger partial charge in [0.1, 0.15) is 11.5 Å². The minimum Gasteiger partial charge on any atom is -0.456 e. The quantitative estimate of drug-likeness (QED) is 0.212. The van der Waals surface area contributed by atoms with Gasteiger partial charge in [0.15, 0.2) is 0 Å². The molecule has 0 saturated heterocycles. The van der Waals surface area contributed by atoms with E-state index < -0.39 is 0 Å². The second-order valence-corrected chi connectivity index (χ2v) is 11.4. The molecule has 1 aliphatic rings. The van der Waals surface area contributed by atoms with E-state index in [4.69, 9.17) is 4.74 Å². The molecule has 206 valence electrons. The zero-order chi connectivity index (χ0) is 29.0. The van der Waals surface area contributed by atoms with E-state index in [1.165, 1.54) is 32.7 Å². The number of hydrogen-bond donors (Lipinski definition) is 0. The van der Waals surface area contributed by atoms with Crippen molar-refractivity contribution in [1.82, 2.24) is 0 Å². The average Bonchev–Trinajstić information content (AvgIpc) is 3.09. The molecule has 2 nitrogen and oxygen atoms in total. The molecule has 0 atom stereocenters. The molecule has 0 fully saturated rings. The van der Waals surface area contributed by atoms with E-state index in [0.717, 1.165) is 50.5 Å². The standard InChI is InChI=1S/C42H27NO/c1-2-10-28(11-3-1)32-21-23-35-36-17-9-18-37-39(24-25-40(42(36)37)44-41(35)27-32)43(33-22-20-29-12-4-5-14-31(29)26-33)38-19-8-15-30-13-6-7-16-34(30)38/h1-27H. The van der Waals surface area contributed by atoms with E-state index in [1.807, 2.05) is 6.07 Å². The van der Waals surface area contributed by atoms with Crippen molar-refractivity contribution < 1.29 is 4.74 Å². The SMILES string of the molecule is c1ccc(-c2ccc3c(c2)Oc2ccc(N(c4ccc5ccccc5c4)c4cccc5ccccc45)c4cccc-3c24)cc1. The average molecular weight is 562 g/mol. The minimum absolute atomic E-state index is 0.883. The zero-order valence-corrected chi connectivity index (χ0v) is 23.9. The summed E-state index contributed by atoms with van der Waals surface area (Å²) in [5.41, 5.74) is 8.01. The molecule has 0 bridgehead atoms. The van der Waals surface area contributed by atoms with Crippen LogP contribution >= 0.6 is 0 Å². The Bertz CT molecular complexity index is 2370. The Hall–Kier alpha value is -5.86. The van der Waals surface area contributed by atoms with E-state index >= 15 is 0 Å². The molecular formula is C42H27NO. The van der Waals surface area contributed by atoms with Crippen LogP contribution in [0.5, 0.6) is 11.5 Å². The molecule has 9 rings (SSSR count). The summed E-state index contributed by atoms with van der Waals surface area (Å²) in [6.07, 6.45) is 0. The maximum absolute atomic E-state index is 6.67. The number of rotatable bonds is 4. The van der Waals surface area contributed by atoms with Gasteiger partial charge in [0.05, 0.1) is 11.4 Å². The Morgan fingerprint density at radius 3 is 2.02 bits per heavy atom. The van der Waals surface area contributed by atoms with Crippen LogP contribution in [-0.2, 0) is 0 Å². The molecule has 1 aliphatic heterocycles. The van der Waals surface area contributed by atoms with Crippen LogP contribution in [0.4, 0.5) is 17.1 Å². The predicted molar refractivity (Wildman–Crippen MR) is 185 cm³/mol. The first-order chi connectivity index (χ1) is 21.8. The third-order valence-electron chi connectivity index (χ3n) is 8.82. The lowest BCUT2D eigenvalue weighted by Gasteiger charge is -2.30. The first-order valence-electron chi connectivity index (χ1n) is 15.0. The van der Waals surface area contributed by atoms with Crippen LogP contribution in [0.15, 0.2) is 164 Å². The third kappa shape index (κ3) is 3.89. The molecule has 0 spiro atoms. The fourth-order valence-corrected chi connectivity index (χ4v) is 6.75. The fourth-order valence-electron chi connectivity index (χ4n) is 6.75. The van der Waals surface area contributed by atoms with Crippen LogP contribution in [0.25, 0.3) is 54.6 Å². The van der Waals surface area contributed by atoms with E-state index in [-0.39, 0.29) is 0 Å². The highest BCUT2D eigenvalue weighted by atomic mass is 16.5. The zero-order valence-electron chi connectivity index (χ0n) is 23.9. The summed E-state index contributed by atoms with van der Waals surface area (Å²) in [7, 11) is 0. The smallest absolute Gasteiger partial charge is 0.136 e. The van der Waals surface area contributed by atoms with Gasteiger partial charge in [-0.15, -0.1) is 0 Å². The van der Waals surface area contributed by atoms with E-state index in [1.54, 1.807) is 0 Å². The van der Waals surface area contributed by atoms with Crippen molar-refractivity contribution >= 4 is 49.4 Å². The highest BCUT2D eigenvalue weighted by Crippen LogP contribution is 2.51. The maximum Gasteiger partial charge on any atom is 0.136 e. The molecule has 44 heavy (non-hydrogen) atoms. The second kappa shape index (κ2) is 9.86. The Morgan fingerprint density at radius 1 is 0.386 bits per heavy atom. The Balaban J connectivity index is 1.28. The van der Waals surface area contributed by atoms with Crippen molar-refractivity contribution in [2.75, 3.05) is 4.90 Å². The molecular weight excluding hydrogens is 534 g/mol. The highest BCUT2D eigenvalue weighted by Gasteiger charge is 2.25. The molecule has 1 heterocycles. The van der Waals surface area contributed by atoms with Crippen molar-refractivity contribution in [3.05, 3.63) is 164 Å². The van der Waals surface area contributed by atoms with Gasteiger partial charge < -0.3 is 9.64 Å². The third-order valence-corrected chi connectivity index (χ3v) is 8.82. The van der Waals surface area contributed by atoms with Crippen molar-refractivity contribution in [3.8, 4) is 33.8 Å². The maximum atomic E-state index is 6.67. The van der Waals surface area contributed by atoms with Crippen molar-refractivity contribution in [2.24, 2.45) is 0 Å². The Morgan fingerprint density at radius 2 is 1.11 bits per heavy atom. The van der Waals surface area contributed by atoms with Crippen molar-refractivity contribution in [2.45, 2.75) is 0 Å². The normalized spacial score (nSPS) is 11.8. The number of hydrogen-bond acceptors (Lipinski definition) is 2. The molecule has 0 amide bonds. The van der Waals surface area contributed by atoms with Gasteiger partial charge in [0.2, 0.25) is 0 Å².